The van der Waals surface area contributed by atoms with Crippen molar-refractivity contribution >= 4 is 33.2 Å². The maximum atomic E-state index is 13.1. The highest BCUT2D eigenvalue weighted by molar-refractivity contribution is 7.89. The molecule has 0 spiro atoms. The van der Waals surface area contributed by atoms with Crippen LogP contribution in [0.5, 0.6) is 5.75 Å². The van der Waals surface area contributed by atoms with Crippen molar-refractivity contribution in [2.24, 2.45) is 0 Å². The van der Waals surface area contributed by atoms with Crippen LogP contribution in [0, 0.1) is 5.82 Å². The molecule has 2 aromatic rings. The number of nitrogens with zero attached hydrogens (tertiary/aromatic N) is 1. The highest BCUT2D eigenvalue weighted by Crippen LogP contribution is 2.30. The van der Waals surface area contributed by atoms with Gasteiger partial charge in [-0.15, -0.1) is 0 Å². The molecule has 1 heterocycles. The molecular formula is C18H18ClFN2O4S. The van der Waals surface area contributed by atoms with Gasteiger partial charge in [-0.25, -0.2) is 12.8 Å². The number of anilines is 1. The Hall–Kier alpha value is -2.16. The predicted molar refractivity (Wildman–Crippen MR) is 100 cm³/mol. The summed E-state index contributed by atoms with van der Waals surface area (Å²) in [7, 11) is -2.40. The zero-order valence-electron chi connectivity index (χ0n) is 14.5. The fourth-order valence-corrected chi connectivity index (χ4v) is 4.79. The number of hydrogen-bond acceptors (Lipinski definition) is 4. The average Bonchev–Trinajstić information content (AvgIpc) is 3.19. The number of ether oxygens (including phenoxy) is 1. The van der Waals surface area contributed by atoms with Gasteiger partial charge in [-0.05, 0) is 49.2 Å². The maximum absolute atomic E-state index is 13.1. The van der Waals surface area contributed by atoms with E-state index in [1.807, 2.05) is 0 Å². The molecule has 0 aliphatic carbocycles. The summed E-state index contributed by atoms with van der Waals surface area (Å²) in [5, 5.41) is 2.60. The van der Waals surface area contributed by atoms with Crippen LogP contribution in [0.2, 0.25) is 5.02 Å². The van der Waals surface area contributed by atoms with Crippen molar-refractivity contribution in [3.8, 4) is 5.75 Å². The molecule has 1 aliphatic rings. The van der Waals surface area contributed by atoms with Gasteiger partial charge >= 0.3 is 0 Å². The van der Waals surface area contributed by atoms with E-state index in [1.165, 1.54) is 41.7 Å². The summed E-state index contributed by atoms with van der Waals surface area (Å²) in [6, 6.07) is 7.74. The second-order valence-corrected chi connectivity index (χ2v) is 8.37. The first-order chi connectivity index (χ1) is 12.8. The lowest BCUT2D eigenvalue weighted by molar-refractivity contribution is 0.102. The number of hydrogen-bond donors (Lipinski definition) is 1. The minimum absolute atomic E-state index is 0.0433. The molecule has 0 bridgehead atoms. The van der Waals surface area contributed by atoms with E-state index in [0.717, 1.165) is 18.9 Å². The lowest BCUT2D eigenvalue weighted by atomic mass is 10.2. The van der Waals surface area contributed by atoms with E-state index in [9.17, 15) is 17.6 Å². The summed E-state index contributed by atoms with van der Waals surface area (Å²) in [4.78, 5) is 12.5. The van der Waals surface area contributed by atoms with Crippen LogP contribution in [-0.2, 0) is 10.0 Å². The Morgan fingerprint density at radius 2 is 1.89 bits per heavy atom. The topological polar surface area (TPSA) is 75.7 Å². The minimum Gasteiger partial charge on any atom is -0.495 e. The molecule has 27 heavy (non-hydrogen) atoms. The lowest BCUT2D eigenvalue weighted by Crippen LogP contribution is -2.28. The van der Waals surface area contributed by atoms with Crippen LogP contribution in [0.15, 0.2) is 41.3 Å². The third kappa shape index (κ3) is 4.07. The van der Waals surface area contributed by atoms with Crippen LogP contribution in [0.25, 0.3) is 0 Å². The van der Waals surface area contributed by atoms with Crippen molar-refractivity contribution in [2.75, 3.05) is 25.5 Å². The molecule has 1 aliphatic heterocycles. The Morgan fingerprint density at radius 3 is 2.52 bits per heavy atom. The summed E-state index contributed by atoms with van der Waals surface area (Å²) in [5.74, 6) is -0.927. The van der Waals surface area contributed by atoms with Crippen LogP contribution in [0.1, 0.15) is 23.2 Å². The van der Waals surface area contributed by atoms with Crippen molar-refractivity contribution in [3.05, 3.63) is 52.8 Å². The molecule has 144 valence electrons. The first-order valence-electron chi connectivity index (χ1n) is 8.27. The number of nitrogens with one attached hydrogen (secondary N) is 1. The molecular weight excluding hydrogens is 395 g/mol. The van der Waals surface area contributed by atoms with Crippen molar-refractivity contribution < 1.29 is 22.3 Å². The second-order valence-electron chi connectivity index (χ2n) is 6.06. The molecule has 1 amide bonds. The first-order valence-corrected chi connectivity index (χ1v) is 10.1. The normalized spacial score (nSPS) is 14.9. The van der Waals surface area contributed by atoms with Gasteiger partial charge in [0.1, 0.15) is 16.5 Å². The maximum Gasteiger partial charge on any atom is 0.255 e. The fourth-order valence-electron chi connectivity index (χ4n) is 2.87. The van der Waals surface area contributed by atoms with Gasteiger partial charge in [0, 0.05) is 18.7 Å². The van der Waals surface area contributed by atoms with E-state index in [0.29, 0.717) is 13.1 Å². The van der Waals surface area contributed by atoms with E-state index < -0.39 is 21.7 Å². The number of carbonyl (C=O) groups is 1. The second kappa shape index (κ2) is 7.84. The van der Waals surface area contributed by atoms with Crippen LogP contribution in [0.3, 0.4) is 0 Å². The molecule has 1 saturated heterocycles. The van der Waals surface area contributed by atoms with Crippen molar-refractivity contribution in [1.82, 2.24) is 4.31 Å². The molecule has 0 saturated carbocycles. The van der Waals surface area contributed by atoms with Gasteiger partial charge in [-0.1, -0.05) is 11.6 Å². The number of carbonyl (C=O) groups excluding carboxylic acids is 1. The zero-order valence-corrected chi connectivity index (χ0v) is 16.1. The first kappa shape index (κ1) is 19.6. The highest BCUT2D eigenvalue weighted by atomic mass is 35.5. The van der Waals surface area contributed by atoms with E-state index >= 15 is 0 Å². The number of benzene rings is 2. The number of rotatable bonds is 5. The smallest absolute Gasteiger partial charge is 0.255 e. The molecule has 0 radical (unpaired) electrons. The average molecular weight is 413 g/mol. The molecule has 0 unspecified atom stereocenters. The largest absolute Gasteiger partial charge is 0.495 e. The van der Waals surface area contributed by atoms with Gasteiger partial charge in [0.2, 0.25) is 10.0 Å². The van der Waals surface area contributed by atoms with Gasteiger partial charge in [0.25, 0.3) is 5.91 Å². The quantitative estimate of drug-likeness (QED) is 0.815. The number of methoxy groups -OCH3 is 1. The number of sulfonamides is 1. The molecule has 0 aromatic heterocycles. The Kier molecular flexibility index (Phi) is 5.69. The SMILES string of the molecule is COc1ccc(C(=O)Nc2ccc(F)cc2Cl)cc1S(=O)(=O)N1CCCC1. The predicted octanol–water partition coefficient (Wildman–Crippen LogP) is 3.52. The summed E-state index contributed by atoms with van der Waals surface area (Å²) >= 11 is 5.92. The number of amides is 1. The summed E-state index contributed by atoms with van der Waals surface area (Å²) in [6.45, 7) is 0.875. The van der Waals surface area contributed by atoms with Crippen LogP contribution < -0.4 is 10.1 Å². The molecule has 2 aromatic carbocycles. The monoisotopic (exact) mass is 412 g/mol. The molecule has 3 rings (SSSR count). The van der Waals surface area contributed by atoms with Crippen LogP contribution in [0.4, 0.5) is 10.1 Å². The van der Waals surface area contributed by atoms with Crippen molar-refractivity contribution in [3.63, 3.8) is 0 Å². The van der Waals surface area contributed by atoms with Crippen molar-refractivity contribution in [2.45, 2.75) is 17.7 Å². The summed E-state index contributed by atoms with van der Waals surface area (Å²) in [5.41, 5.74) is 0.344. The Labute approximate surface area is 161 Å². The van der Waals surface area contributed by atoms with Gasteiger partial charge in [0.15, 0.2) is 0 Å². The Morgan fingerprint density at radius 1 is 1.19 bits per heavy atom. The van der Waals surface area contributed by atoms with Crippen LogP contribution >= 0.6 is 11.6 Å². The molecule has 1 N–H and O–H groups in total. The van der Waals surface area contributed by atoms with Crippen molar-refractivity contribution in [1.29, 1.82) is 0 Å². The van der Waals surface area contributed by atoms with E-state index in [4.69, 9.17) is 16.3 Å². The van der Waals surface area contributed by atoms with E-state index in [1.54, 1.807) is 0 Å². The number of halogens is 2. The van der Waals surface area contributed by atoms with Gasteiger partial charge in [0.05, 0.1) is 17.8 Å². The molecule has 9 heteroatoms. The van der Waals surface area contributed by atoms with E-state index in [2.05, 4.69) is 5.32 Å². The third-order valence-corrected chi connectivity index (χ3v) is 6.52. The molecule has 0 atom stereocenters. The minimum atomic E-state index is -3.77. The Bertz CT molecular complexity index is 975. The summed E-state index contributed by atoms with van der Waals surface area (Å²) < 4.78 is 45.5. The van der Waals surface area contributed by atoms with Gasteiger partial charge < -0.3 is 10.1 Å². The highest BCUT2D eigenvalue weighted by Gasteiger charge is 2.30. The van der Waals surface area contributed by atoms with Crippen LogP contribution in [-0.4, -0.2) is 38.8 Å². The molecule has 6 nitrogen and oxygen atoms in total. The lowest BCUT2D eigenvalue weighted by Gasteiger charge is -2.18. The zero-order chi connectivity index (χ0) is 19.6. The van der Waals surface area contributed by atoms with Gasteiger partial charge in [-0.3, -0.25) is 4.79 Å². The van der Waals surface area contributed by atoms with E-state index in [-0.39, 0.29) is 26.9 Å². The third-order valence-electron chi connectivity index (χ3n) is 4.29. The fraction of sp³-hybridized carbons (Fsp3) is 0.278. The van der Waals surface area contributed by atoms with Gasteiger partial charge in [-0.2, -0.15) is 4.31 Å². The molecule has 1 fully saturated rings. The standard InChI is InChI=1S/C18H18ClFN2O4S/c1-26-16-7-4-12(10-17(16)27(24,25)22-8-2-3-9-22)18(23)21-15-6-5-13(20)11-14(15)19/h4-7,10-11H,2-3,8-9H2,1H3,(H,21,23). The summed E-state index contributed by atoms with van der Waals surface area (Å²) in [6.07, 6.45) is 1.59. The Balaban J connectivity index is 1.93.